The molecule has 0 saturated carbocycles. The van der Waals surface area contributed by atoms with Crippen LogP contribution in [-0.2, 0) is 4.79 Å². The molecule has 0 bridgehead atoms. The van der Waals surface area contributed by atoms with Crippen molar-refractivity contribution in [2.45, 2.75) is 45.3 Å². The number of nitrogens with zero attached hydrogens (tertiary/aromatic N) is 1. The lowest BCUT2D eigenvalue weighted by molar-refractivity contribution is -0.133. The Kier molecular flexibility index (Phi) is 3.73. The fraction of sp³-hybridized carbons (Fsp3) is 0.909. The highest BCUT2D eigenvalue weighted by Gasteiger charge is 2.36. The molecule has 0 aromatic carbocycles. The first-order valence-corrected chi connectivity index (χ1v) is 5.64. The van der Waals surface area contributed by atoms with Crippen LogP contribution in [0, 0.1) is 5.92 Å². The van der Waals surface area contributed by atoms with E-state index in [0.29, 0.717) is 19.5 Å². The van der Waals surface area contributed by atoms with Gasteiger partial charge in [-0.1, -0.05) is 20.3 Å². The number of carbonyl (C=O) groups excluding carboxylic acids is 1. The van der Waals surface area contributed by atoms with Gasteiger partial charge in [0.25, 0.3) is 0 Å². The number of β-amino-alcohol motifs (C(OH)–C–C–N with tert-alkyl or cyclic N) is 1. The van der Waals surface area contributed by atoms with E-state index in [1.54, 1.807) is 11.8 Å². The van der Waals surface area contributed by atoms with E-state index in [1.807, 2.05) is 13.8 Å². The van der Waals surface area contributed by atoms with Gasteiger partial charge in [-0.15, -0.1) is 0 Å². The van der Waals surface area contributed by atoms with Crippen molar-refractivity contribution in [1.29, 1.82) is 0 Å². The number of rotatable bonds is 3. The van der Waals surface area contributed by atoms with Crippen molar-refractivity contribution < 1.29 is 9.90 Å². The van der Waals surface area contributed by atoms with E-state index in [9.17, 15) is 9.90 Å². The highest BCUT2D eigenvalue weighted by molar-refractivity contribution is 5.82. The van der Waals surface area contributed by atoms with Crippen LogP contribution in [-0.4, -0.2) is 40.6 Å². The maximum absolute atomic E-state index is 11.9. The van der Waals surface area contributed by atoms with Crippen LogP contribution in [0.15, 0.2) is 0 Å². The molecule has 3 atom stereocenters. The average molecular weight is 214 g/mol. The number of likely N-dealkylation sites (tertiary alicyclic amines) is 1. The fourth-order valence-corrected chi connectivity index (χ4v) is 1.84. The van der Waals surface area contributed by atoms with Gasteiger partial charge in [0, 0.05) is 13.1 Å². The zero-order valence-electron chi connectivity index (χ0n) is 9.86. The summed E-state index contributed by atoms with van der Waals surface area (Å²) in [5.74, 6) is 0.171. The second-order valence-corrected chi connectivity index (χ2v) is 4.92. The normalized spacial score (nSPS) is 30.3. The van der Waals surface area contributed by atoms with E-state index >= 15 is 0 Å². The van der Waals surface area contributed by atoms with Crippen molar-refractivity contribution >= 4 is 5.91 Å². The van der Waals surface area contributed by atoms with Gasteiger partial charge in [-0.2, -0.15) is 0 Å². The van der Waals surface area contributed by atoms with Crippen LogP contribution in [0.5, 0.6) is 0 Å². The van der Waals surface area contributed by atoms with Gasteiger partial charge in [-0.3, -0.25) is 4.79 Å². The smallest absolute Gasteiger partial charge is 0.239 e. The number of aliphatic hydroxyl groups is 1. The quantitative estimate of drug-likeness (QED) is 0.712. The van der Waals surface area contributed by atoms with E-state index < -0.39 is 11.6 Å². The Bertz CT molecular complexity index is 241. The summed E-state index contributed by atoms with van der Waals surface area (Å²) in [6.07, 6.45) is 1.54. The number of carbonyl (C=O) groups is 1. The van der Waals surface area contributed by atoms with Crippen molar-refractivity contribution in [3.63, 3.8) is 0 Å². The summed E-state index contributed by atoms with van der Waals surface area (Å²) in [6, 6.07) is -0.427. The first kappa shape index (κ1) is 12.5. The molecule has 3 unspecified atom stereocenters. The van der Waals surface area contributed by atoms with Gasteiger partial charge in [0.2, 0.25) is 5.91 Å². The monoisotopic (exact) mass is 214 g/mol. The van der Waals surface area contributed by atoms with E-state index in [0.717, 1.165) is 6.42 Å². The molecular formula is C11H22N2O2. The van der Waals surface area contributed by atoms with E-state index in [4.69, 9.17) is 5.73 Å². The number of amides is 1. The van der Waals surface area contributed by atoms with Gasteiger partial charge in [-0.25, -0.2) is 0 Å². The Balaban J connectivity index is 2.55. The Morgan fingerprint density at radius 1 is 1.67 bits per heavy atom. The molecule has 0 aliphatic carbocycles. The van der Waals surface area contributed by atoms with Crippen LogP contribution in [0.2, 0.25) is 0 Å². The zero-order valence-corrected chi connectivity index (χ0v) is 9.86. The molecule has 0 aromatic heterocycles. The molecular weight excluding hydrogens is 192 g/mol. The first-order chi connectivity index (χ1) is 6.87. The topological polar surface area (TPSA) is 66.6 Å². The van der Waals surface area contributed by atoms with Gasteiger partial charge >= 0.3 is 0 Å². The lowest BCUT2D eigenvalue weighted by Crippen LogP contribution is -2.47. The molecule has 0 aromatic rings. The number of hydrogen-bond donors (Lipinski definition) is 2. The van der Waals surface area contributed by atoms with Crippen molar-refractivity contribution in [3.05, 3.63) is 0 Å². The SMILES string of the molecule is CCC(C)C(N)C(=O)N1CCC(C)(O)C1. The van der Waals surface area contributed by atoms with E-state index in [1.165, 1.54) is 0 Å². The van der Waals surface area contributed by atoms with Crippen LogP contribution >= 0.6 is 0 Å². The summed E-state index contributed by atoms with van der Waals surface area (Å²) in [7, 11) is 0. The van der Waals surface area contributed by atoms with Crippen LogP contribution < -0.4 is 5.73 Å². The Hall–Kier alpha value is -0.610. The third-order valence-electron chi connectivity index (χ3n) is 3.31. The van der Waals surface area contributed by atoms with Crippen molar-refractivity contribution in [3.8, 4) is 0 Å². The maximum atomic E-state index is 11.9. The lowest BCUT2D eigenvalue weighted by Gasteiger charge is -2.25. The number of nitrogens with two attached hydrogens (primary N) is 1. The fourth-order valence-electron chi connectivity index (χ4n) is 1.84. The Labute approximate surface area is 91.4 Å². The third-order valence-corrected chi connectivity index (χ3v) is 3.31. The molecule has 1 amide bonds. The van der Waals surface area contributed by atoms with Crippen LogP contribution in [0.3, 0.4) is 0 Å². The summed E-state index contributed by atoms with van der Waals surface area (Å²) in [6.45, 7) is 6.80. The second-order valence-electron chi connectivity index (χ2n) is 4.92. The largest absolute Gasteiger partial charge is 0.388 e. The first-order valence-electron chi connectivity index (χ1n) is 5.64. The minimum Gasteiger partial charge on any atom is -0.388 e. The molecule has 1 heterocycles. The molecule has 0 spiro atoms. The average Bonchev–Trinajstić information content (AvgIpc) is 2.55. The van der Waals surface area contributed by atoms with Crippen LogP contribution in [0.4, 0.5) is 0 Å². The summed E-state index contributed by atoms with van der Waals surface area (Å²) < 4.78 is 0. The van der Waals surface area contributed by atoms with Gasteiger partial charge in [-0.05, 0) is 19.3 Å². The second kappa shape index (κ2) is 4.49. The van der Waals surface area contributed by atoms with E-state index in [2.05, 4.69) is 0 Å². The highest BCUT2D eigenvalue weighted by Crippen LogP contribution is 2.21. The maximum Gasteiger partial charge on any atom is 0.239 e. The predicted molar refractivity (Wildman–Crippen MR) is 59.3 cm³/mol. The van der Waals surface area contributed by atoms with Crippen LogP contribution in [0.25, 0.3) is 0 Å². The molecule has 1 saturated heterocycles. The minimum absolute atomic E-state index is 0.0258. The molecule has 1 rings (SSSR count). The third kappa shape index (κ3) is 2.92. The van der Waals surface area contributed by atoms with E-state index in [-0.39, 0.29) is 11.8 Å². The highest BCUT2D eigenvalue weighted by atomic mass is 16.3. The predicted octanol–water partition coefficient (Wildman–Crippen LogP) is 0.343. The van der Waals surface area contributed by atoms with Crippen molar-refractivity contribution in [2.75, 3.05) is 13.1 Å². The van der Waals surface area contributed by atoms with Gasteiger partial charge in [0.15, 0.2) is 0 Å². The Morgan fingerprint density at radius 2 is 2.27 bits per heavy atom. The molecule has 4 nitrogen and oxygen atoms in total. The standard InChI is InChI=1S/C11H22N2O2/c1-4-8(2)9(12)10(14)13-6-5-11(3,15)7-13/h8-9,15H,4-7,12H2,1-3H3. The number of hydrogen-bond acceptors (Lipinski definition) is 3. The molecule has 15 heavy (non-hydrogen) atoms. The molecule has 1 aliphatic rings. The molecule has 1 aliphatic heterocycles. The lowest BCUT2D eigenvalue weighted by atomic mass is 9.99. The van der Waals surface area contributed by atoms with Gasteiger partial charge in [0.1, 0.15) is 0 Å². The van der Waals surface area contributed by atoms with Gasteiger partial charge < -0.3 is 15.7 Å². The Morgan fingerprint density at radius 3 is 2.67 bits per heavy atom. The van der Waals surface area contributed by atoms with Crippen molar-refractivity contribution in [1.82, 2.24) is 4.90 Å². The molecule has 4 heteroatoms. The zero-order chi connectivity index (χ0) is 11.6. The van der Waals surface area contributed by atoms with Crippen molar-refractivity contribution in [2.24, 2.45) is 11.7 Å². The van der Waals surface area contributed by atoms with Gasteiger partial charge in [0.05, 0.1) is 11.6 Å². The summed E-state index contributed by atoms with van der Waals surface area (Å²) >= 11 is 0. The molecule has 0 radical (unpaired) electrons. The summed E-state index contributed by atoms with van der Waals surface area (Å²) in [5, 5.41) is 9.76. The summed E-state index contributed by atoms with van der Waals surface area (Å²) in [5.41, 5.74) is 5.14. The molecule has 1 fully saturated rings. The van der Waals surface area contributed by atoms with Crippen LogP contribution in [0.1, 0.15) is 33.6 Å². The molecule has 88 valence electrons. The molecule has 3 N–H and O–H groups in total. The summed E-state index contributed by atoms with van der Waals surface area (Å²) in [4.78, 5) is 13.6. The minimum atomic E-state index is -0.731.